The summed E-state index contributed by atoms with van der Waals surface area (Å²) < 4.78 is 118. The Morgan fingerprint density at radius 2 is 1.14 bits per heavy atom. The first-order valence-electron chi connectivity index (χ1n) is 31.4. The van der Waals surface area contributed by atoms with E-state index in [1.807, 2.05) is 65.4 Å². The van der Waals surface area contributed by atoms with E-state index in [9.17, 15) is 11.0 Å². The van der Waals surface area contributed by atoms with Gasteiger partial charge in [-0.15, -0.1) is 0 Å². The van der Waals surface area contributed by atoms with Crippen LogP contribution in [0.2, 0.25) is 0 Å². The van der Waals surface area contributed by atoms with Gasteiger partial charge in [0.25, 0.3) is 6.33 Å². The van der Waals surface area contributed by atoms with Crippen LogP contribution in [0.5, 0.6) is 11.5 Å². The fraction of sp³-hybridized carbons (Fsp3) is 0.155. The van der Waals surface area contributed by atoms with Crippen LogP contribution in [0.1, 0.15) is 91.7 Å². The van der Waals surface area contributed by atoms with Gasteiger partial charge in [0.2, 0.25) is 0 Å². The van der Waals surface area contributed by atoms with Crippen molar-refractivity contribution in [3.05, 3.63) is 235 Å². The first-order valence-corrected chi connectivity index (χ1v) is 25.9. The van der Waals surface area contributed by atoms with E-state index >= 15 is 0 Å². The average Bonchev–Trinajstić information content (AvgIpc) is 1.76. The molecule has 76 heavy (non-hydrogen) atoms. The summed E-state index contributed by atoms with van der Waals surface area (Å²) in [5, 5.41) is 2.09. The summed E-state index contributed by atoms with van der Waals surface area (Å²) in [5.74, 6) is 1.82. The highest BCUT2D eigenvalue weighted by atomic mass is 16.5. The highest BCUT2D eigenvalue weighted by Gasteiger charge is 2.38. The zero-order chi connectivity index (χ0) is 60.8. The highest BCUT2D eigenvalue weighted by molar-refractivity contribution is 6.10. The second kappa shape index (κ2) is 16.1. The quantitative estimate of drug-likeness (QED) is 0.127. The summed E-state index contributed by atoms with van der Waals surface area (Å²) in [6.07, 6.45) is 7.13. The number of fused-ring (bicyclic) bond motifs is 14. The monoisotopic (exact) mass is 992 g/mol. The number of para-hydroxylation sites is 3. The van der Waals surface area contributed by atoms with Crippen molar-refractivity contribution in [2.45, 2.75) is 70.6 Å². The van der Waals surface area contributed by atoms with Crippen molar-refractivity contribution in [2.24, 2.45) is 0 Å². The molecule has 0 fully saturated rings. The van der Waals surface area contributed by atoms with E-state index in [2.05, 4.69) is 101 Å². The van der Waals surface area contributed by atoms with Gasteiger partial charge in [0.05, 0.1) is 48.5 Å². The van der Waals surface area contributed by atoms with Gasteiger partial charge < -0.3 is 4.74 Å². The number of hydrogen-bond donors (Lipinski definition) is 0. The molecule has 2 aliphatic carbocycles. The Balaban J connectivity index is 0.968. The summed E-state index contributed by atoms with van der Waals surface area (Å²) in [4.78, 5) is 5.14. The maximum Gasteiger partial charge on any atom is 0.269 e. The number of rotatable bonds is 5. The number of ether oxygens (including phenoxy) is 1. The second-order valence-electron chi connectivity index (χ2n) is 22.3. The van der Waals surface area contributed by atoms with Crippen LogP contribution in [0.3, 0.4) is 0 Å². The molecule has 1 aliphatic heterocycles. The number of aromatic nitrogens is 4. The molecule has 0 radical (unpaired) electrons. The lowest BCUT2D eigenvalue weighted by molar-refractivity contribution is -0.570. The van der Waals surface area contributed by atoms with Crippen LogP contribution in [-0.2, 0) is 16.2 Å². The lowest BCUT2D eigenvalue weighted by atomic mass is 9.63. The molecule has 0 saturated heterocycles. The van der Waals surface area contributed by atoms with E-state index in [1.54, 1.807) is 34.9 Å². The number of pyridine rings is 1. The van der Waals surface area contributed by atoms with Crippen LogP contribution in [-0.4, -0.2) is 14.1 Å². The molecular formula is C71H56N4O. The standard InChI is InChI=1S/C71H56N4O/c1-69(2)36-37-70(3,4)61-38-44(32-35-60(61)69)48-26-16-27-56-51-22-9-7-20-49(51)50-21-8-10-23-52(50)57-28-17-31-64-68(57)74(67(48)56)43-73(64)45-18-15-19-46(39-45)76-47-33-34-55-54-25-12-14-30-63(54)75(65(55)40-47)66-41-58-53-24-11-13-29-59(53)71(5,6)62(58)42-72-66/h7-35,38-42H,36-37H2,1-6H3/i7D,8D,9D,10D,20D,21D,22D,23D,32D,35D,38D. The van der Waals surface area contributed by atoms with Crippen LogP contribution in [0, 0.1) is 6.33 Å². The SMILES string of the molecule is [2H]c1c([2H])c([2H])c2c(c1[2H])-c1cccc(-c3c([2H])c([2H])c4c(c3[2H])C(C)(C)CCC4(C)C)c1-[n+]1[c-]n(-c3cccc(Oc4ccc5c6ccccc6n(-c6cc7c(cn6)C(C)(C)c6ccccc6-7)c5c4)c3)c3cccc(c31)-c1c([2H])c([2H])c([2H])c([2H])c1-2. The summed E-state index contributed by atoms with van der Waals surface area (Å²) in [7, 11) is 0. The van der Waals surface area contributed by atoms with Crippen LogP contribution < -0.4 is 9.30 Å². The largest absolute Gasteiger partial charge is 0.458 e. The molecule has 0 bridgehead atoms. The van der Waals surface area contributed by atoms with Crippen molar-refractivity contribution in [1.29, 1.82) is 0 Å². The average molecular weight is 992 g/mol. The fourth-order valence-corrected chi connectivity index (χ4v) is 12.5. The number of benzene rings is 9. The fourth-order valence-electron chi connectivity index (χ4n) is 12.5. The van der Waals surface area contributed by atoms with E-state index in [1.165, 1.54) is 16.7 Å². The predicted molar refractivity (Wildman–Crippen MR) is 310 cm³/mol. The van der Waals surface area contributed by atoms with Gasteiger partial charge in [0, 0.05) is 28.5 Å². The van der Waals surface area contributed by atoms with Gasteiger partial charge in [-0.3, -0.25) is 13.7 Å². The Morgan fingerprint density at radius 1 is 0.513 bits per heavy atom. The lowest BCUT2D eigenvalue weighted by Gasteiger charge is -2.42. The molecule has 5 heteroatoms. The van der Waals surface area contributed by atoms with E-state index < -0.39 is 59.2 Å². The number of nitrogens with zero attached hydrogens (tertiary/aromatic N) is 4. The molecule has 3 aliphatic rings. The van der Waals surface area contributed by atoms with Gasteiger partial charge in [0.1, 0.15) is 17.3 Å². The highest BCUT2D eigenvalue weighted by Crippen LogP contribution is 2.51. The Hall–Kier alpha value is -8.80. The molecule has 0 spiro atoms. The van der Waals surface area contributed by atoms with Crippen molar-refractivity contribution in [3.63, 3.8) is 0 Å². The van der Waals surface area contributed by atoms with E-state index in [4.69, 9.17) is 13.8 Å². The molecule has 0 atom stereocenters. The van der Waals surface area contributed by atoms with Crippen molar-refractivity contribution < 1.29 is 24.4 Å². The van der Waals surface area contributed by atoms with Gasteiger partial charge in [-0.2, -0.15) is 0 Å². The van der Waals surface area contributed by atoms with E-state index in [0.717, 1.165) is 46.0 Å². The third kappa shape index (κ3) is 6.51. The minimum Gasteiger partial charge on any atom is -0.458 e. The molecule has 0 amide bonds. The number of imidazole rings is 1. The molecule has 0 unspecified atom stereocenters. The Labute approximate surface area is 459 Å². The van der Waals surface area contributed by atoms with E-state index in [-0.39, 0.29) is 62.6 Å². The predicted octanol–water partition coefficient (Wildman–Crippen LogP) is 17.6. The third-order valence-corrected chi connectivity index (χ3v) is 16.6. The molecule has 5 nitrogen and oxygen atoms in total. The van der Waals surface area contributed by atoms with Crippen molar-refractivity contribution in [1.82, 2.24) is 14.1 Å². The molecule has 4 heterocycles. The maximum atomic E-state index is 10.3. The summed E-state index contributed by atoms with van der Waals surface area (Å²) in [6.45, 7) is 12.7. The van der Waals surface area contributed by atoms with Gasteiger partial charge >= 0.3 is 0 Å². The molecule has 3 aromatic heterocycles. The first-order chi connectivity index (χ1) is 41.5. The molecule has 0 N–H and O–H groups in total. The second-order valence-corrected chi connectivity index (χ2v) is 22.3. The van der Waals surface area contributed by atoms with Crippen LogP contribution >= 0.6 is 0 Å². The number of hydrogen-bond acceptors (Lipinski definition) is 2. The smallest absolute Gasteiger partial charge is 0.269 e. The molecular weight excluding hydrogens is 925 g/mol. The minimum absolute atomic E-state index is 0.00230. The zero-order valence-corrected chi connectivity index (χ0v) is 42.9. The summed E-state index contributed by atoms with van der Waals surface area (Å²) in [5.41, 5.74) is 9.17. The van der Waals surface area contributed by atoms with Crippen molar-refractivity contribution in [2.75, 3.05) is 0 Å². The van der Waals surface area contributed by atoms with Gasteiger partial charge in [0.15, 0.2) is 0 Å². The van der Waals surface area contributed by atoms with Crippen molar-refractivity contribution in [3.8, 4) is 84.3 Å². The maximum absolute atomic E-state index is 10.3. The van der Waals surface area contributed by atoms with Crippen LogP contribution in [0.15, 0.2) is 206 Å². The topological polar surface area (TPSA) is 35.9 Å². The molecule has 366 valence electrons. The van der Waals surface area contributed by atoms with Crippen molar-refractivity contribution >= 4 is 32.8 Å². The van der Waals surface area contributed by atoms with Gasteiger partial charge in [-0.25, -0.2) is 4.98 Å². The van der Waals surface area contributed by atoms with Gasteiger partial charge in [-0.05, 0) is 144 Å². The van der Waals surface area contributed by atoms with Gasteiger partial charge in [-0.1, -0.05) is 193 Å². The third-order valence-electron chi connectivity index (χ3n) is 16.6. The minimum atomic E-state index is -0.590. The van der Waals surface area contributed by atoms with E-state index in [0.29, 0.717) is 50.5 Å². The normalized spacial score (nSPS) is 17.2. The Kier molecular flexibility index (Phi) is 7.34. The molecule has 12 aromatic rings. The molecule has 0 saturated carbocycles. The Bertz CT molecular complexity index is 5090. The molecule has 15 rings (SSSR count). The van der Waals surface area contributed by atoms with Crippen LogP contribution in [0.25, 0.3) is 106 Å². The lowest BCUT2D eigenvalue weighted by Crippen LogP contribution is -2.34. The molecule has 9 aromatic carbocycles. The summed E-state index contributed by atoms with van der Waals surface area (Å²) >= 11 is 0. The first kappa shape index (κ1) is 34.6. The Morgan fingerprint density at radius 3 is 1.96 bits per heavy atom. The zero-order valence-electron chi connectivity index (χ0n) is 53.9. The van der Waals surface area contributed by atoms with Crippen LogP contribution in [0.4, 0.5) is 0 Å². The summed E-state index contributed by atoms with van der Waals surface area (Å²) in [6, 6.07) is 38.9.